The number of amides is 2. The monoisotopic (exact) mass is 551 g/mol. The molecular weight excluding hydrogens is 514 g/mol. The summed E-state index contributed by atoms with van der Waals surface area (Å²) in [5.74, 6) is 0.247. The van der Waals surface area contributed by atoms with Crippen molar-refractivity contribution in [1.82, 2.24) is 10.2 Å². The highest BCUT2D eigenvalue weighted by Gasteiger charge is 2.27. The Bertz CT molecular complexity index is 1160. The Morgan fingerprint density at radius 1 is 1.11 bits per heavy atom. The maximum Gasteiger partial charge on any atom is 0.242 e. The van der Waals surface area contributed by atoms with E-state index < -0.39 is 16.1 Å². The molecule has 10 heteroatoms. The average Bonchev–Trinajstić information content (AvgIpc) is 2.86. The Morgan fingerprint density at radius 2 is 1.78 bits per heavy atom. The van der Waals surface area contributed by atoms with Gasteiger partial charge >= 0.3 is 0 Å². The summed E-state index contributed by atoms with van der Waals surface area (Å²) in [6.07, 6.45) is 3.30. The molecule has 204 valence electrons. The van der Waals surface area contributed by atoms with Gasteiger partial charge in [0.25, 0.3) is 0 Å². The lowest BCUT2D eigenvalue weighted by Gasteiger charge is -2.29. The van der Waals surface area contributed by atoms with Gasteiger partial charge in [-0.1, -0.05) is 43.1 Å². The first-order valence-electron chi connectivity index (χ1n) is 12.4. The first-order valence-corrected chi connectivity index (χ1v) is 14.6. The van der Waals surface area contributed by atoms with Crippen molar-refractivity contribution in [3.63, 3.8) is 0 Å². The molecule has 1 N–H and O–H groups in total. The maximum atomic E-state index is 13.4. The van der Waals surface area contributed by atoms with Crippen molar-refractivity contribution >= 4 is 39.1 Å². The largest absolute Gasteiger partial charge is 0.497 e. The highest BCUT2D eigenvalue weighted by Crippen LogP contribution is 2.28. The van der Waals surface area contributed by atoms with Gasteiger partial charge in [-0.25, -0.2) is 8.42 Å². The van der Waals surface area contributed by atoms with Crippen molar-refractivity contribution in [1.29, 1.82) is 0 Å². The zero-order valence-corrected chi connectivity index (χ0v) is 23.9. The third-order valence-corrected chi connectivity index (χ3v) is 7.76. The number of anilines is 1. The first kappa shape index (κ1) is 30.4. The van der Waals surface area contributed by atoms with E-state index in [1.165, 1.54) is 4.31 Å². The summed E-state index contributed by atoms with van der Waals surface area (Å²) in [6.45, 7) is 6.41. The molecule has 0 fully saturated rings. The second kappa shape index (κ2) is 14.2. The minimum absolute atomic E-state index is 0.0777. The third-order valence-electron chi connectivity index (χ3n) is 6.17. The molecule has 0 aromatic heterocycles. The van der Waals surface area contributed by atoms with Gasteiger partial charge in [0.05, 0.1) is 19.1 Å². The molecule has 0 radical (unpaired) electrons. The van der Waals surface area contributed by atoms with E-state index in [0.717, 1.165) is 24.7 Å². The Balaban J connectivity index is 2.18. The number of hydrogen-bond donors (Lipinski definition) is 1. The number of unbranched alkanes of at least 4 members (excludes halogenated alkanes) is 1. The second-order valence-electron chi connectivity index (χ2n) is 9.01. The Kier molecular flexibility index (Phi) is 11.7. The van der Waals surface area contributed by atoms with E-state index in [4.69, 9.17) is 16.3 Å². The molecule has 37 heavy (non-hydrogen) atoms. The molecule has 0 aliphatic carbocycles. The summed E-state index contributed by atoms with van der Waals surface area (Å²) in [5.41, 5.74) is 2.00. The lowest BCUT2D eigenvalue weighted by atomic mass is 10.1. The van der Waals surface area contributed by atoms with Crippen molar-refractivity contribution < 1.29 is 22.7 Å². The van der Waals surface area contributed by atoms with Crippen molar-refractivity contribution in [3.8, 4) is 5.75 Å². The van der Waals surface area contributed by atoms with E-state index >= 15 is 0 Å². The summed E-state index contributed by atoms with van der Waals surface area (Å²) in [4.78, 5) is 27.7. The molecule has 0 aliphatic heterocycles. The van der Waals surface area contributed by atoms with E-state index in [0.29, 0.717) is 28.6 Å². The number of sulfonamides is 1. The zero-order valence-electron chi connectivity index (χ0n) is 22.3. The van der Waals surface area contributed by atoms with Gasteiger partial charge in [0, 0.05) is 31.1 Å². The lowest BCUT2D eigenvalue weighted by molar-refractivity contribution is -0.140. The van der Waals surface area contributed by atoms with Crippen molar-refractivity contribution in [2.24, 2.45) is 0 Å². The van der Waals surface area contributed by atoms with Gasteiger partial charge in [-0.2, -0.15) is 0 Å². The molecule has 0 bridgehead atoms. The summed E-state index contributed by atoms with van der Waals surface area (Å²) >= 11 is 6.21. The minimum Gasteiger partial charge on any atom is -0.497 e. The molecule has 0 aliphatic rings. The zero-order chi connectivity index (χ0) is 27.6. The molecule has 2 rings (SSSR count). The normalized spacial score (nSPS) is 12.1. The van der Waals surface area contributed by atoms with Crippen LogP contribution in [-0.4, -0.2) is 57.6 Å². The van der Waals surface area contributed by atoms with E-state index in [2.05, 4.69) is 5.32 Å². The number of nitrogens with one attached hydrogen (secondary N) is 1. The molecule has 0 saturated heterocycles. The van der Waals surface area contributed by atoms with E-state index in [-0.39, 0.29) is 37.7 Å². The molecule has 2 aromatic carbocycles. The number of carbonyl (C=O) groups is 2. The number of ether oxygens (including phenoxy) is 1. The van der Waals surface area contributed by atoms with Crippen LogP contribution in [0.4, 0.5) is 5.69 Å². The minimum atomic E-state index is -3.60. The van der Waals surface area contributed by atoms with Crippen LogP contribution in [0.5, 0.6) is 5.75 Å². The predicted octanol–water partition coefficient (Wildman–Crippen LogP) is 4.54. The fraction of sp³-hybridized carbons (Fsp3) is 0.481. The molecule has 1 atom stereocenters. The molecule has 2 amide bonds. The van der Waals surface area contributed by atoms with Crippen molar-refractivity contribution in [3.05, 3.63) is 58.6 Å². The first-order chi connectivity index (χ1) is 17.5. The Morgan fingerprint density at radius 3 is 2.38 bits per heavy atom. The molecule has 2 aromatic rings. The van der Waals surface area contributed by atoms with E-state index in [9.17, 15) is 18.0 Å². The second-order valence-corrected chi connectivity index (χ2v) is 11.3. The number of nitrogens with zero attached hydrogens (tertiary/aromatic N) is 2. The number of halogens is 1. The smallest absolute Gasteiger partial charge is 0.242 e. The van der Waals surface area contributed by atoms with Gasteiger partial charge in [-0.3, -0.25) is 13.9 Å². The highest BCUT2D eigenvalue weighted by atomic mass is 35.5. The highest BCUT2D eigenvalue weighted by molar-refractivity contribution is 7.92. The number of methoxy groups -OCH3 is 1. The van der Waals surface area contributed by atoms with Crippen LogP contribution in [-0.2, 0) is 26.2 Å². The summed E-state index contributed by atoms with van der Waals surface area (Å²) in [7, 11) is -2.02. The van der Waals surface area contributed by atoms with Crippen molar-refractivity contribution in [2.75, 3.05) is 30.8 Å². The molecular formula is C27H38ClN3O5S. The van der Waals surface area contributed by atoms with Crippen LogP contribution >= 0.6 is 11.6 Å². The standard InChI is InChI=1S/C27H38ClN3O5S/c1-6-7-17-29-27(33)21(3)30(19-22-13-15-23(36-4)16-14-22)26(32)12-9-18-31(37(5,34)35)25-11-8-10-24(28)20(25)2/h8,10-11,13-16,21H,6-7,9,12,17-19H2,1-5H3,(H,29,33)/t21-/m1/s1. The third kappa shape index (κ3) is 8.93. The number of rotatable bonds is 14. The van der Waals surface area contributed by atoms with Crippen LogP contribution in [0.3, 0.4) is 0 Å². The summed E-state index contributed by atoms with van der Waals surface area (Å²) in [5, 5.41) is 3.37. The van der Waals surface area contributed by atoms with Gasteiger partial charge in [-0.05, 0) is 62.1 Å². The van der Waals surface area contributed by atoms with E-state index in [1.54, 1.807) is 56.2 Å². The SMILES string of the molecule is CCCCNC(=O)[C@@H](C)N(Cc1ccc(OC)cc1)C(=O)CCCN(c1cccc(Cl)c1C)S(C)(=O)=O. The molecule has 0 spiro atoms. The fourth-order valence-electron chi connectivity index (χ4n) is 3.90. The van der Waals surface area contributed by atoms with E-state index in [1.807, 2.05) is 19.1 Å². The van der Waals surface area contributed by atoms with Crippen LogP contribution < -0.4 is 14.4 Å². The maximum absolute atomic E-state index is 13.4. The van der Waals surface area contributed by atoms with Gasteiger partial charge in [0.15, 0.2) is 0 Å². The number of carbonyl (C=O) groups excluding carboxylic acids is 2. The topological polar surface area (TPSA) is 96.0 Å². The molecule has 8 nitrogen and oxygen atoms in total. The molecule has 0 unspecified atom stereocenters. The summed E-state index contributed by atoms with van der Waals surface area (Å²) in [6, 6.07) is 11.7. The van der Waals surface area contributed by atoms with Crippen LogP contribution in [0.25, 0.3) is 0 Å². The number of benzene rings is 2. The number of hydrogen-bond acceptors (Lipinski definition) is 5. The van der Waals surface area contributed by atoms with Crippen LogP contribution in [0.15, 0.2) is 42.5 Å². The Hall–Kier alpha value is -2.78. The van der Waals surface area contributed by atoms with Crippen molar-refractivity contribution in [2.45, 2.75) is 59.0 Å². The van der Waals surface area contributed by atoms with Gasteiger partial charge in [0.2, 0.25) is 21.8 Å². The van der Waals surface area contributed by atoms with Gasteiger partial charge < -0.3 is 15.0 Å². The average molecular weight is 552 g/mol. The Labute approximate surface area is 226 Å². The predicted molar refractivity (Wildman–Crippen MR) is 149 cm³/mol. The molecule has 0 saturated carbocycles. The summed E-state index contributed by atoms with van der Waals surface area (Å²) < 4.78 is 31.6. The van der Waals surface area contributed by atoms with Crippen LogP contribution in [0.2, 0.25) is 5.02 Å². The van der Waals surface area contributed by atoms with Gasteiger partial charge in [0.1, 0.15) is 11.8 Å². The fourth-order valence-corrected chi connectivity index (χ4v) is 5.08. The quantitative estimate of drug-likeness (QED) is 0.348. The van der Waals surface area contributed by atoms with Gasteiger partial charge in [-0.15, -0.1) is 0 Å². The lowest BCUT2D eigenvalue weighted by Crippen LogP contribution is -2.48. The molecule has 0 heterocycles. The van der Waals surface area contributed by atoms with Crippen LogP contribution in [0, 0.1) is 6.92 Å². The van der Waals surface area contributed by atoms with Crippen LogP contribution in [0.1, 0.15) is 50.7 Å².